The van der Waals surface area contributed by atoms with E-state index >= 15 is 0 Å². The second kappa shape index (κ2) is 6.68. The van der Waals surface area contributed by atoms with Gasteiger partial charge in [0.1, 0.15) is 11.3 Å². The van der Waals surface area contributed by atoms with Crippen molar-refractivity contribution in [1.82, 2.24) is 9.61 Å². The van der Waals surface area contributed by atoms with E-state index in [2.05, 4.69) is 5.10 Å². The molecule has 0 bridgehead atoms. The summed E-state index contributed by atoms with van der Waals surface area (Å²) in [4.78, 5) is 13.1. The molecule has 0 aliphatic carbocycles. The number of nitrogens with zero attached hydrogens (tertiary/aromatic N) is 3. The fourth-order valence-electron chi connectivity index (χ4n) is 3.27. The van der Waals surface area contributed by atoms with Crippen LogP contribution in [0.15, 0.2) is 71.5 Å². The fourth-order valence-corrected chi connectivity index (χ4v) is 3.27. The van der Waals surface area contributed by atoms with Crippen molar-refractivity contribution in [2.24, 2.45) is 0 Å². The SMILES string of the molecule is Cc1cccc(-[n+]2c(O)c(Cc3ccccc3)c(=O)n3nc(C)ccc32)c1. The maximum absolute atomic E-state index is 13.1. The summed E-state index contributed by atoms with van der Waals surface area (Å²) < 4.78 is 3.05. The lowest BCUT2D eigenvalue weighted by Crippen LogP contribution is -2.40. The van der Waals surface area contributed by atoms with E-state index in [9.17, 15) is 9.90 Å². The maximum atomic E-state index is 13.1. The summed E-state index contributed by atoms with van der Waals surface area (Å²) >= 11 is 0. The highest BCUT2D eigenvalue weighted by Crippen LogP contribution is 2.17. The molecule has 0 saturated heterocycles. The molecule has 5 nitrogen and oxygen atoms in total. The van der Waals surface area contributed by atoms with Crippen LogP contribution in [0, 0.1) is 13.8 Å². The van der Waals surface area contributed by atoms with Gasteiger partial charge in [0.25, 0.3) is 5.88 Å². The molecular formula is C22H20N3O2+. The van der Waals surface area contributed by atoms with E-state index in [4.69, 9.17) is 0 Å². The van der Waals surface area contributed by atoms with Crippen LogP contribution < -0.4 is 10.1 Å². The maximum Gasteiger partial charge on any atom is 0.370 e. The van der Waals surface area contributed by atoms with Gasteiger partial charge in [0, 0.05) is 12.5 Å². The van der Waals surface area contributed by atoms with Crippen LogP contribution in [0.2, 0.25) is 0 Å². The smallest absolute Gasteiger partial charge is 0.370 e. The van der Waals surface area contributed by atoms with Crippen LogP contribution in [0.4, 0.5) is 0 Å². The average molecular weight is 358 g/mol. The van der Waals surface area contributed by atoms with E-state index in [1.54, 1.807) is 10.6 Å². The molecule has 0 spiro atoms. The van der Waals surface area contributed by atoms with Gasteiger partial charge in [-0.15, -0.1) is 0 Å². The van der Waals surface area contributed by atoms with Crippen molar-refractivity contribution in [3.8, 4) is 11.6 Å². The number of aromatic nitrogens is 3. The Hall–Kier alpha value is -3.47. The third-order valence-electron chi connectivity index (χ3n) is 4.59. The first-order valence-corrected chi connectivity index (χ1v) is 8.82. The molecule has 1 N–H and O–H groups in total. The lowest BCUT2D eigenvalue weighted by atomic mass is 10.1. The van der Waals surface area contributed by atoms with Gasteiger partial charge in [0.2, 0.25) is 0 Å². The Kier molecular flexibility index (Phi) is 4.20. The molecule has 27 heavy (non-hydrogen) atoms. The predicted octanol–water partition coefficient (Wildman–Crippen LogP) is 2.88. The molecule has 0 fully saturated rings. The Morgan fingerprint density at radius 1 is 1.00 bits per heavy atom. The van der Waals surface area contributed by atoms with Crippen molar-refractivity contribution in [2.45, 2.75) is 20.3 Å². The standard InChI is InChI=1S/C22H19N3O2/c1-15-7-6-10-18(13-15)24-20-12-11-16(2)23-25(20)22(27)19(21(24)26)14-17-8-4-3-5-9-17/h3-13H,14H2,1-2H3/p+1. The number of aromatic hydroxyl groups is 1. The highest BCUT2D eigenvalue weighted by molar-refractivity contribution is 5.41. The minimum Gasteiger partial charge on any atom is -0.477 e. The molecule has 0 unspecified atom stereocenters. The molecule has 0 atom stereocenters. The van der Waals surface area contributed by atoms with E-state index in [0.717, 1.165) is 22.5 Å². The number of aryl methyl sites for hydroxylation is 2. The van der Waals surface area contributed by atoms with Gasteiger partial charge in [0.05, 0.1) is 5.69 Å². The lowest BCUT2D eigenvalue weighted by Gasteiger charge is -2.10. The van der Waals surface area contributed by atoms with Gasteiger partial charge in [-0.3, -0.25) is 0 Å². The summed E-state index contributed by atoms with van der Waals surface area (Å²) in [5.74, 6) is -0.0555. The fraction of sp³-hybridized carbons (Fsp3) is 0.136. The first-order chi connectivity index (χ1) is 13.0. The minimum absolute atomic E-state index is 0.0555. The number of hydrogen-bond donors (Lipinski definition) is 1. The van der Waals surface area contributed by atoms with Crippen LogP contribution in [-0.4, -0.2) is 14.7 Å². The topological polar surface area (TPSA) is 58.5 Å². The molecule has 0 aliphatic heterocycles. The Morgan fingerprint density at radius 2 is 1.78 bits per heavy atom. The zero-order valence-electron chi connectivity index (χ0n) is 15.3. The summed E-state index contributed by atoms with van der Waals surface area (Å²) in [6, 6.07) is 21.1. The quantitative estimate of drug-likeness (QED) is 0.573. The van der Waals surface area contributed by atoms with E-state index in [1.807, 2.05) is 74.5 Å². The lowest BCUT2D eigenvalue weighted by molar-refractivity contribution is -0.581. The highest BCUT2D eigenvalue weighted by Gasteiger charge is 2.26. The molecule has 0 saturated carbocycles. The van der Waals surface area contributed by atoms with E-state index < -0.39 is 0 Å². The first kappa shape index (κ1) is 17.0. The Balaban J connectivity index is 2.05. The van der Waals surface area contributed by atoms with Crippen LogP contribution in [0.3, 0.4) is 0 Å². The van der Waals surface area contributed by atoms with Crippen molar-refractivity contribution >= 4 is 5.65 Å². The summed E-state index contributed by atoms with van der Waals surface area (Å²) in [5, 5.41) is 15.5. The van der Waals surface area contributed by atoms with Crippen molar-refractivity contribution in [3.63, 3.8) is 0 Å². The Morgan fingerprint density at radius 3 is 2.52 bits per heavy atom. The monoisotopic (exact) mass is 358 g/mol. The van der Waals surface area contributed by atoms with Gasteiger partial charge in [-0.2, -0.15) is 4.57 Å². The summed E-state index contributed by atoms with van der Waals surface area (Å²) in [6.45, 7) is 3.83. The molecule has 4 aromatic rings. The van der Waals surface area contributed by atoms with Crippen LogP contribution in [0.5, 0.6) is 5.88 Å². The zero-order valence-corrected chi connectivity index (χ0v) is 15.3. The number of benzene rings is 2. The van der Waals surface area contributed by atoms with Crippen LogP contribution in [-0.2, 0) is 6.42 Å². The molecule has 0 aliphatic rings. The minimum atomic E-state index is -0.307. The van der Waals surface area contributed by atoms with E-state index in [0.29, 0.717) is 17.6 Å². The van der Waals surface area contributed by atoms with Crippen molar-refractivity contribution in [3.05, 3.63) is 99.5 Å². The predicted molar refractivity (Wildman–Crippen MR) is 103 cm³/mol. The molecule has 134 valence electrons. The Labute approximate surface area is 156 Å². The second-order valence-corrected chi connectivity index (χ2v) is 6.69. The first-order valence-electron chi connectivity index (χ1n) is 8.82. The van der Waals surface area contributed by atoms with Crippen LogP contribution in [0.25, 0.3) is 11.3 Å². The molecular weight excluding hydrogens is 338 g/mol. The van der Waals surface area contributed by atoms with Crippen molar-refractivity contribution in [1.29, 1.82) is 0 Å². The average Bonchev–Trinajstić information content (AvgIpc) is 2.67. The second-order valence-electron chi connectivity index (χ2n) is 6.69. The molecule has 2 aromatic heterocycles. The van der Waals surface area contributed by atoms with Crippen LogP contribution in [0.1, 0.15) is 22.4 Å². The summed E-state index contributed by atoms with van der Waals surface area (Å²) in [5.41, 5.74) is 4.06. The highest BCUT2D eigenvalue weighted by atomic mass is 16.3. The van der Waals surface area contributed by atoms with Gasteiger partial charge >= 0.3 is 11.2 Å². The van der Waals surface area contributed by atoms with Crippen molar-refractivity contribution in [2.75, 3.05) is 0 Å². The summed E-state index contributed by atoms with van der Waals surface area (Å²) in [6.07, 6.45) is 0.329. The van der Waals surface area contributed by atoms with Gasteiger partial charge < -0.3 is 5.11 Å². The number of hydrogen-bond acceptors (Lipinski definition) is 3. The normalized spacial score (nSPS) is 11.0. The third kappa shape index (κ3) is 3.08. The Bertz CT molecular complexity index is 1200. The largest absolute Gasteiger partial charge is 0.477 e. The third-order valence-corrected chi connectivity index (χ3v) is 4.59. The zero-order chi connectivity index (χ0) is 19.0. The van der Waals surface area contributed by atoms with Gasteiger partial charge in [-0.1, -0.05) is 52.1 Å². The van der Waals surface area contributed by atoms with E-state index in [-0.39, 0.29) is 11.4 Å². The van der Waals surface area contributed by atoms with Gasteiger partial charge in [-0.25, -0.2) is 4.79 Å². The number of fused-ring (bicyclic) bond motifs is 1. The van der Waals surface area contributed by atoms with E-state index in [1.165, 1.54) is 4.52 Å². The van der Waals surface area contributed by atoms with Gasteiger partial charge in [0.15, 0.2) is 0 Å². The van der Waals surface area contributed by atoms with Gasteiger partial charge in [-0.05, 0) is 43.2 Å². The number of rotatable bonds is 3. The molecule has 2 heterocycles. The molecule has 5 heteroatoms. The van der Waals surface area contributed by atoms with Crippen LogP contribution >= 0.6 is 0 Å². The molecule has 0 amide bonds. The van der Waals surface area contributed by atoms with Crippen molar-refractivity contribution < 1.29 is 9.67 Å². The summed E-state index contributed by atoms with van der Waals surface area (Å²) in [7, 11) is 0. The molecule has 4 rings (SSSR count). The molecule has 2 aromatic carbocycles. The molecule has 0 radical (unpaired) electrons.